The molecule has 18 heavy (non-hydrogen) atoms. The number of hydrogen-bond donors (Lipinski definition) is 1. The molecule has 0 saturated carbocycles. The largest absolute Gasteiger partial charge is 0.399 e. The number of nitriles is 1. The SMILES string of the molecule is CN(Cc1ccnc(C#N)c1)c1ccc(N)cc1. The van der Waals surface area contributed by atoms with Crippen molar-refractivity contribution in [3.8, 4) is 6.07 Å². The predicted molar refractivity (Wildman–Crippen MR) is 71.9 cm³/mol. The second kappa shape index (κ2) is 5.19. The van der Waals surface area contributed by atoms with E-state index in [0.29, 0.717) is 5.69 Å². The van der Waals surface area contributed by atoms with Gasteiger partial charge in [0, 0.05) is 31.2 Å². The van der Waals surface area contributed by atoms with Crippen LogP contribution in [0.2, 0.25) is 0 Å². The second-order valence-electron chi connectivity index (χ2n) is 4.11. The minimum Gasteiger partial charge on any atom is -0.399 e. The van der Waals surface area contributed by atoms with Crippen LogP contribution in [0, 0.1) is 11.3 Å². The molecule has 0 bridgehead atoms. The first-order chi connectivity index (χ1) is 8.69. The molecule has 0 aliphatic heterocycles. The van der Waals surface area contributed by atoms with Crippen molar-refractivity contribution in [1.29, 1.82) is 5.26 Å². The summed E-state index contributed by atoms with van der Waals surface area (Å²) in [6.45, 7) is 0.723. The van der Waals surface area contributed by atoms with Crippen molar-refractivity contribution in [2.24, 2.45) is 0 Å². The minimum absolute atomic E-state index is 0.443. The molecule has 0 aliphatic carbocycles. The van der Waals surface area contributed by atoms with Crippen LogP contribution in [-0.2, 0) is 6.54 Å². The number of nitrogens with zero attached hydrogens (tertiary/aromatic N) is 3. The normalized spacial score (nSPS) is 9.78. The van der Waals surface area contributed by atoms with Crippen LogP contribution in [0.3, 0.4) is 0 Å². The lowest BCUT2D eigenvalue weighted by Crippen LogP contribution is -2.16. The Morgan fingerprint density at radius 3 is 2.67 bits per heavy atom. The summed E-state index contributed by atoms with van der Waals surface area (Å²) in [5, 5.41) is 8.80. The summed E-state index contributed by atoms with van der Waals surface area (Å²) < 4.78 is 0. The Labute approximate surface area is 106 Å². The van der Waals surface area contributed by atoms with Gasteiger partial charge >= 0.3 is 0 Å². The molecule has 4 heteroatoms. The third-order valence-electron chi connectivity index (χ3n) is 2.69. The number of hydrogen-bond acceptors (Lipinski definition) is 4. The summed E-state index contributed by atoms with van der Waals surface area (Å²) in [4.78, 5) is 6.05. The Balaban J connectivity index is 2.13. The number of aromatic nitrogens is 1. The van der Waals surface area contributed by atoms with Crippen LogP contribution in [0.4, 0.5) is 11.4 Å². The van der Waals surface area contributed by atoms with E-state index < -0.39 is 0 Å². The van der Waals surface area contributed by atoms with Crippen LogP contribution in [0.15, 0.2) is 42.6 Å². The van der Waals surface area contributed by atoms with Gasteiger partial charge in [-0.2, -0.15) is 5.26 Å². The van der Waals surface area contributed by atoms with Crippen molar-refractivity contribution >= 4 is 11.4 Å². The molecule has 0 saturated heterocycles. The number of pyridine rings is 1. The average Bonchev–Trinajstić information content (AvgIpc) is 2.39. The van der Waals surface area contributed by atoms with Gasteiger partial charge in [-0.3, -0.25) is 0 Å². The van der Waals surface area contributed by atoms with Crippen LogP contribution >= 0.6 is 0 Å². The smallest absolute Gasteiger partial charge is 0.140 e. The molecule has 2 aromatic rings. The first kappa shape index (κ1) is 11.9. The van der Waals surface area contributed by atoms with Gasteiger partial charge in [0.25, 0.3) is 0 Å². The van der Waals surface area contributed by atoms with E-state index in [-0.39, 0.29) is 0 Å². The van der Waals surface area contributed by atoms with Gasteiger partial charge < -0.3 is 10.6 Å². The Morgan fingerprint density at radius 2 is 2.00 bits per heavy atom. The fourth-order valence-electron chi connectivity index (χ4n) is 1.73. The third-order valence-corrected chi connectivity index (χ3v) is 2.69. The van der Waals surface area contributed by atoms with Gasteiger partial charge in [-0.15, -0.1) is 0 Å². The molecule has 2 rings (SSSR count). The van der Waals surface area contributed by atoms with Crippen LogP contribution in [0.25, 0.3) is 0 Å². The molecule has 0 fully saturated rings. The first-order valence-corrected chi connectivity index (χ1v) is 5.61. The summed E-state index contributed by atoms with van der Waals surface area (Å²) >= 11 is 0. The Kier molecular flexibility index (Phi) is 3.44. The lowest BCUT2D eigenvalue weighted by atomic mass is 10.2. The van der Waals surface area contributed by atoms with E-state index in [1.54, 1.807) is 12.3 Å². The molecule has 0 spiro atoms. The van der Waals surface area contributed by atoms with Gasteiger partial charge in [-0.05, 0) is 42.0 Å². The molecule has 1 heterocycles. The molecule has 0 aliphatic rings. The van der Waals surface area contributed by atoms with E-state index in [0.717, 1.165) is 23.5 Å². The highest BCUT2D eigenvalue weighted by Gasteiger charge is 2.03. The van der Waals surface area contributed by atoms with Gasteiger partial charge in [0.2, 0.25) is 0 Å². The fourth-order valence-corrected chi connectivity index (χ4v) is 1.73. The van der Waals surface area contributed by atoms with Crippen LogP contribution in [-0.4, -0.2) is 12.0 Å². The molecular formula is C14H14N4. The molecule has 1 aromatic heterocycles. The zero-order valence-electron chi connectivity index (χ0n) is 10.2. The number of rotatable bonds is 3. The maximum absolute atomic E-state index is 8.80. The molecular weight excluding hydrogens is 224 g/mol. The zero-order chi connectivity index (χ0) is 13.0. The number of anilines is 2. The summed E-state index contributed by atoms with van der Waals surface area (Å²) in [7, 11) is 2.00. The maximum atomic E-state index is 8.80. The van der Waals surface area contributed by atoms with Gasteiger partial charge in [-0.25, -0.2) is 4.98 Å². The van der Waals surface area contributed by atoms with Crippen molar-refractivity contribution in [3.05, 3.63) is 53.9 Å². The van der Waals surface area contributed by atoms with Crippen molar-refractivity contribution in [3.63, 3.8) is 0 Å². The number of nitrogens with two attached hydrogens (primary N) is 1. The topological polar surface area (TPSA) is 65.9 Å². The van der Waals surface area contributed by atoms with E-state index in [1.807, 2.05) is 43.4 Å². The van der Waals surface area contributed by atoms with Crippen molar-refractivity contribution in [1.82, 2.24) is 4.98 Å². The molecule has 0 unspecified atom stereocenters. The highest BCUT2D eigenvalue weighted by Crippen LogP contribution is 2.17. The van der Waals surface area contributed by atoms with Gasteiger partial charge in [0.15, 0.2) is 0 Å². The van der Waals surface area contributed by atoms with E-state index in [1.165, 1.54) is 0 Å². The average molecular weight is 238 g/mol. The van der Waals surface area contributed by atoms with Crippen LogP contribution < -0.4 is 10.6 Å². The first-order valence-electron chi connectivity index (χ1n) is 5.61. The molecule has 0 amide bonds. The standard InChI is InChI=1S/C14H14N4/c1-18(14-4-2-12(16)3-5-14)10-11-6-7-17-13(8-11)9-15/h2-8H,10,16H2,1H3. The third kappa shape index (κ3) is 2.77. The monoisotopic (exact) mass is 238 g/mol. The quantitative estimate of drug-likeness (QED) is 0.832. The number of nitrogen functional groups attached to an aromatic ring is 1. The zero-order valence-corrected chi connectivity index (χ0v) is 10.2. The van der Waals surface area contributed by atoms with Crippen molar-refractivity contribution in [2.45, 2.75) is 6.54 Å². The predicted octanol–water partition coefficient (Wildman–Crippen LogP) is 2.17. The summed E-state index contributed by atoms with van der Waals surface area (Å²) in [6, 6.07) is 13.4. The van der Waals surface area contributed by atoms with Crippen molar-refractivity contribution < 1.29 is 0 Å². The molecule has 90 valence electrons. The van der Waals surface area contributed by atoms with Crippen molar-refractivity contribution in [2.75, 3.05) is 17.7 Å². The van der Waals surface area contributed by atoms with Gasteiger partial charge in [0.1, 0.15) is 11.8 Å². The second-order valence-corrected chi connectivity index (χ2v) is 4.11. The number of benzene rings is 1. The lowest BCUT2D eigenvalue weighted by Gasteiger charge is -2.19. The molecule has 4 nitrogen and oxygen atoms in total. The Morgan fingerprint density at radius 1 is 1.28 bits per heavy atom. The Hall–Kier alpha value is -2.54. The summed E-state index contributed by atoms with van der Waals surface area (Å²) in [6.07, 6.45) is 1.66. The maximum Gasteiger partial charge on any atom is 0.140 e. The molecule has 0 radical (unpaired) electrons. The minimum atomic E-state index is 0.443. The molecule has 2 N–H and O–H groups in total. The van der Waals surface area contributed by atoms with Gasteiger partial charge in [-0.1, -0.05) is 0 Å². The lowest BCUT2D eigenvalue weighted by molar-refractivity contribution is 0.918. The Bertz CT molecular complexity index is 569. The van der Waals surface area contributed by atoms with Crippen LogP contribution in [0.5, 0.6) is 0 Å². The van der Waals surface area contributed by atoms with E-state index >= 15 is 0 Å². The summed E-state index contributed by atoms with van der Waals surface area (Å²) in [5.74, 6) is 0. The highest BCUT2D eigenvalue weighted by molar-refractivity contribution is 5.52. The summed E-state index contributed by atoms with van der Waals surface area (Å²) in [5.41, 5.74) is 8.99. The van der Waals surface area contributed by atoms with Crippen LogP contribution in [0.1, 0.15) is 11.3 Å². The van der Waals surface area contributed by atoms with E-state index in [9.17, 15) is 0 Å². The molecule has 1 aromatic carbocycles. The van der Waals surface area contributed by atoms with E-state index in [2.05, 4.69) is 9.88 Å². The fraction of sp³-hybridized carbons (Fsp3) is 0.143. The molecule has 0 atom stereocenters. The van der Waals surface area contributed by atoms with Gasteiger partial charge in [0.05, 0.1) is 0 Å². The van der Waals surface area contributed by atoms with E-state index in [4.69, 9.17) is 11.0 Å². The highest BCUT2D eigenvalue weighted by atomic mass is 15.1.